The molecule has 1 aliphatic heterocycles. The summed E-state index contributed by atoms with van der Waals surface area (Å²) in [6.45, 7) is 2.97. The number of hydrogen-bond acceptors (Lipinski definition) is 3. The summed E-state index contributed by atoms with van der Waals surface area (Å²) in [6.07, 6.45) is 3.20. The molecule has 1 N–H and O–H groups in total. The highest BCUT2D eigenvalue weighted by Gasteiger charge is 2.19. The van der Waals surface area contributed by atoms with Gasteiger partial charge in [0.15, 0.2) is 0 Å². The van der Waals surface area contributed by atoms with E-state index in [1.54, 1.807) is 0 Å². The first kappa shape index (κ1) is 13.4. The molecule has 5 nitrogen and oxygen atoms in total. The van der Waals surface area contributed by atoms with Crippen LogP contribution in [-0.4, -0.2) is 22.3 Å². The predicted octanol–water partition coefficient (Wildman–Crippen LogP) is 1.32. The fourth-order valence-electron chi connectivity index (χ4n) is 2.21. The Labute approximate surface area is 110 Å². The highest BCUT2D eigenvalue weighted by Crippen LogP contribution is 2.13. The second kappa shape index (κ2) is 5.71. The third-order valence-corrected chi connectivity index (χ3v) is 3.46. The second-order valence-corrected chi connectivity index (χ2v) is 4.90. The molecule has 1 aromatic rings. The van der Waals surface area contributed by atoms with E-state index in [0.717, 1.165) is 19.3 Å². The minimum absolute atomic E-state index is 0.0422. The lowest BCUT2D eigenvalue weighted by molar-refractivity contribution is 0.0949. The first-order valence-electron chi connectivity index (χ1n) is 6.26. The van der Waals surface area contributed by atoms with Gasteiger partial charge in [-0.15, -0.1) is 0 Å². The molecule has 0 amide bonds. The molecule has 0 aliphatic carbocycles. The van der Waals surface area contributed by atoms with Crippen LogP contribution in [0, 0.1) is 0 Å². The van der Waals surface area contributed by atoms with Crippen LogP contribution in [0.5, 0.6) is 0 Å². The summed E-state index contributed by atoms with van der Waals surface area (Å²) in [4.78, 5) is 26.5. The van der Waals surface area contributed by atoms with E-state index in [-0.39, 0.29) is 16.8 Å². The number of hydrogen-bond donors (Lipinski definition) is 1. The molecule has 0 aromatic carbocycles. The zero-order valence-corrected chi connectivity index (χ0v) is 11.1. The molecule has 18 heavy (non-hydrogen) atoms. The van der Waals surface area contributed by atoms with Crippen molar-refractivity contribution in [2.45, 2.75) is 45.3 Å². The van der Waals surface area contributed by atoms with Crippen LogP contribution in [0.1, 0.15) is 31.7 Å². The minimum atomic E-state index is -0.458. The molecular weight excluding hydrogens is 256 g/mol. The van der Waals surface area contributed by atoms with Gasteiger partial charge in [0.05, 0.1) is 18.2 Å². The number of ether oxygens (including phenoxy) is 1. The number of aromatic amines is 1. The summed E-state index contributed by atoms with van der Waals surface area (Å²) in [5.74, 6) is 0. The van der Waals surface area contributed by atoms with Crippen LogP contribution in [0.15, 0.2) is 9.59 Å². The maximum Gasteiger partial charge on any atom is 0.329 e. The van der Waals surface area contributed by atoms with Gasteiger partial charge >= 0.3 is 5.69 Å². The van der Waals surface area contributed by atoms with Gasteiger partial charge in [0.25, 0.3) is 5.56 Å². The van der Waals surface area contributed by atoms with Crippen LogP contribution in [0.2, 0.25) is 5.15 Å². The van der Waals surface area contributed by atoms with Crippen molar-refractivity contribution >= 4 is 11.6 Å². The lowest BCUT2D eigenvalue weighted by Crippen LogP contribution is -2.40. The molecule has 0 saturated carbocycles. The van der Waals surface area contributed by atoms with E-state index in [2.05, 4.69) is 4.98 Å². The standard InChI is InChI=1S/C12H17ClN2O3/c1-2-4-9-10(13)14-12(17)15(11(9)16)7-8-5-3-6-18-8/h8H,2-7H2,1H3,(H,14,17). The van der Waals surface area contributed by atoms with Crippen molar-refractivity contribution in [1.29, 1.82) is 0 Å². The van der Waals surface area contributed by atoms with Gasteiger partial charge in [0.2, 0.25) is 0 Å². The molecule has 100 valence electrons. The highest BCUT2D eigenvalue weighted by molar-refractivity contribution is 6.30. The second-order valence-electron chi connectivity index (χ2n) is 4.52. The largest absolute Gasteiger partial charge is 0.376 e. The van der Waals surface area contributed by atoms with Crippen molar-refractivity contribution in [2.24, 2.45) is 0 Å². The summed E-state index contributed by atoms with van der Waals surface area (Å²) in [7, 11) is 0. The monoisotopic (exact) mass is 272 g/mol. The lowest BCUT2D eigenvalue weighted by atomic mass is 10.2. The van der Waals surface area contributed by atoms with Crippen molar-refractivity contribution in [1.82, 2.24) is 9.55 Å². The topological polar surface area (TPSA) is 64.1 Å². The van der Waals surface area contributed by atoms with Crippen molar-refractivity contribution in [2.75, 3.05) is 6.61 Å². The molecule has 1 atom stereocenters. The van der Waals surface area contributed by atoms with Crippen LogP contribution in [-0.2, 0) is 17.7 Å². The van der Waals surface area contributed by atoms with E-state index >= 15 is 0 Å². The lowest BCUT2D eigenvalue weighted by Gasteiger charge is -2.12. The Morgan fingerprint density at radius 3 is 2.89 bits per heavy atom. The molecule has 0 bridgehead atoms. The third kappa shape index (κ3) is 2.67. The number of rotatable bonds is 4. The van der Waals surface area contributed by atoms with Crippen LogP contribution in [0.3, 0.4) is 0 Å². The van der Waals surface area contributed by atoms with Gasteiger partial charge in [-0.2, -0.15) is 0 Å². The first-order chi connectivity index (χ1) is 8.63. The quantitative estimate of drug-likeness (QED) is 0.841. The van der Waals surface area contributed by atoms with Crippen LogP contribution < -0.4 is 11.2 Å². The SMILES string of the molecule is CCCc1c(Cl)[nH]c(=O)n(CC2CCCO2)c1=O. The minimum Gasteiger partial charge on any atom is -0.376 e. The van der Waals surface area contributed by atoms with Gasteiger partial charge in [-0.05, 0) is 19.3 Å². The molecule has 1 unspecified atom stereocenters. The zero-order valence-electron chi connectivity index (χ0n) is 10.4. The van der Waals surface area contributed by atoms with E-state index in [1.807, 2.05) is 6.92 Å². The van der Waals surface area contributed by atoms with Gasteiger partial charge in [-0.3, -0.25) is 14.3 Å². The molecule has 6 heteroatoms. The molecule has 1 aromatic heterocycles. The van der Waals surface area contributed by atoms with Crippen LogP contribution >= 0.6 is 11.6 Å². The van der Waals surface area contributed by atoms with Gasteiger partial charge in [0.1, 0.15) is 5.15 Å². The van der Waals surface area contributed by atoms with Gasteiger partial charge in [-0.25, -0.2) is 4.79 Å². The number of halogens is 1. The van der Waals surface area contributed by atoms with E-state index in [4.69, 9.17) is 16.3 Å². The molecule has 0 radical (unpaired) electrons. The summed E-state index contributed by atoms with van der Waals surface area (Å²) in [5, 5.41) is 0.162. The number of aromatic nitrogens is 2. The van der Waals surface area contributed by atoms with Gasteiger partial charge in [-0.1, -0.05) is 24.9 Å². The van der Waals surface area contributed by atoms with Crippen LogP contribution in [0.4, 0.5) is 0 Å². The van der Waals surface area contributed by atoms with Crippen molar-refractivity contribution in [3.8, 4) is 0 Å². The summed E-state index contributed by atoms with van der Waals surface area (Å²) >= 11 is 5.90. The van der Waals surface area contributed by atoms with E-state index in [9.17, 15) is 9.59 Å². The molecule has 0 spiro atoms. The third-order valence-electron chi connectivity index (χ3n) is 3.14. The Balaban J connectivity index is 2.36. The summed E-state index contributed by atoms with van der Waals surface area (Å²) < 4.78 is 6.65. The van der Waals surface area contributed by atoms with Crippen LogP contribution in [0.25, 0.3) is 0 Å². The van der Waals surface area contributed by atoms with E-state index in [0.29, 0.717) is 25.1 Å². The van der Waals surface area contributed by atoms with Gasteiger partial charge in [0, 0.05) is 6.61 Å². The Hall–Kier alpha value is -1.07. The van der Waals surface area contributed by atoms with Crippen molar-refractivity contribution in [3.63, 3.8) is 0 Å². The van der Waals surface area contributed by atoms with E-state index < -0.39 is 5.69 Å². The van der Waals surface area contributed by atoms with Crippen molar-refractivity contribution in [3.05, 3.63) is 31.6 Å². The maximum atomic E-state index is 12.2. The molecule has 1 saturated heterocycles. The average molecular weight is 273 g/mol. The molecule has 1 fully saturated rings. The Kier molecular flexibility index (Phi) is 4.24. The Bertz CT molecular complexity index is 529. The first-order valence-corrected chi connectivity index (χ1v) is 6.64. The predicted molar refractivity (Wildman–Crippen MR) is 69.3 cm³/mol. The average Bonchev–Trinajstić information content (AvgIpc) is 2.83. The summed E-state index contributed by atoms with van der Waals surface area (Å²) in [6, 6.07) is 0. The smallest absolute Gasteiger partial charge is 0.329 e. The molecule has 2 rings (SSSR count). The Morgan fingerprint density at radius 2 is 2.28 bits per heavy atom. The fourth-order valence-corrected chi connectivity index (χ4v) is 2.47. The number of nitrogens with one attached hydrogen (secondary N) is 1. The molecule has 1 aliphatic rings. The number of H-pyrrole nitrogens is 1. The fraction of sp³-hybridized carbons (Fsp3) is 0.667. The van der Waals surface area contributed by atoms with Crippen molar-refractivity contribution < 1.29 is 4.74 Å². The summed E-state index contributed by atoms with van der Waals surface area (Å²) in [5.41, 5.74) is -0.266. The van der Waals surface area contributed by atoms with E-state index in [1.165, 1.54) is 4.57 Å². The molecule has 2 heterocycles. The highest BCUT2D eigenvalue weighted by atomic mass is 35.5. The normalized spacial score (nSPS) is 19.3. The number of nitrogens with zero attached hydrogens (tertiary/aromatic N) is 1. The zero-order chi connectivity index (χ0) is 13.1. The maximum absolute atomic E-state index is 12.2. The molecular formula is C12H17ClN2O3. The Morgan fingerprint density at radius 1 is 1.50 bits per heavy atom. The van der Waals surface area contributed by atoms with Gasteiger partial charge < -0.3 is 4.74 Å².